The summed E-state index contributed by atoms with van der Waals surface area (Å²) in [7, 11) is 0. The zero-order chi connectivity index (χ0) is 19.4. The summed E-state index contributed by atoms with van der Waals surface area (Å²) in [6, 6.07) is 4.24. The molecule has 1 unspecified atom stereocenters. The maximum Gasteiger partial charge on any atom is 0.255 e. The maximum atomic E-state index is 13.9. The molecule has 3 aromatic heterocycles. The number of amides is 1. The van der Waals surface area contributed by atoms with Gasteiger partial charge >= 0.3 is 0 Å². The van der Waals surface area contributed by atoms with Crippen molar-refractivity contribution in [1.82, 2.24) is 23.8 Å². The van der Waals surface area contributed by atoms with Crippen LogP contribution in [-0.4, -0.2) is 36.3 Å². The largest absolute Gasteiger partial charge is 0.461 e. The quantitative estimate of drug-likeness (QED) is 0.514. The van der Waals surface area contributed by atoms with Gasteiger partial charge in [-0.25, -0.2) is 14.4 Å². The summed E-state index contributed by atoms with van der Waals surface area (Å²) in [4.78, 5) is 24.0. The van der Waals surface area contributed by atoms with Crippen LogP contribution in [0.3, 0.4) is 0 Å². The highest BCUT2D eigenvalue weighted by Gasteiger charge is 2.32. The van der Waals surface area contributed by atoms with Crippen molar-refractivity contribution >= 4 is 28.4 Å². The van der Waals surface area contributed by atoms with Crippen LogP contribution in [0.5, 0.6) is 0 Å². The Kier molecular flexibility index (Phi) is 3.80. The van der Waals surface area contributed by atoms with Gasteiger partial charge in [-0.15, -0.1) is 0 Å². The molecule has 0 spiro atoms. The Bertz CT molecular complexity index is 1210. The van der Waals surface area contributed by atoms with E-state index in [4.69, 9.17) is 4.42 Å². The van der Waals surface area contributed by atoms with E-state index in [1.54, 1.807) is 17.2 Å². The number of rotatable bonds is 2. The molecule has 142 valence electrons. The van der Waals surface area contributed by atoms with E-state index < -0.39 is 5.82 Å². The Balaban J connectivity index is 1.50. The number of carbonyl (C=O) groups is 1. The third-order valence-corrected chi connectivity index (χ3v) is 5.93. The second kappa shape index (κ2) is 6.23. The molecule has 1 aliphatic rings. The summed E-state index contributed by atoms with van der Waals surface area (Å²) in [5.41, 5.74) is 1.48. The van der Waals surface area contributed by atoms with Gasteiger partial charge in [0.05, 0.1) is 29.8 Å². The highest BCUT2D eigenvalue weighted by Crippen LogP contribution is 2.33. The molecule has 1 atom stereocenters. The van der Waals surface area contributed by atoms with Crippen LogP contribution in [-0.2, 0) is 6.54 Å². The maximum absolute atomic E-state index is 13.9. The number of furan rings is 1. The third kappa shape index (κ3) is 2.46. The van der Waals surface area contributed by atoms with Gasteiger partial charge in [-0.1, -0.05) is 0 Å². The van der Waals surface area contributed by atoms with Gasteiger partial charge in [0, 0.05) is 18.5 Å². The summed E-state index contributed by atoms with van der Waals surface area (Å²) in [6.45, 7) is 4.94. The number of benzene rings is 1. The summed E-state index contributed by atoms with van der Waals surface area (Å²) in [5, 5.41) is 1.26. The average molecular weight is 397 g/mol. The van der Waals surface area contributed by atoms with Crippen molar-refractivity contribution in [1.29, 1.82) is 0 Å². The standard InChI is InChI=1S/C19H16FN5O2S/c1-10-15-9-21-17(18-22-11(2)23-28-18)25(15)7-6-24(10)19(26)13-3-4-14(20)16-12(13)5-8-27-16/h3-5,8-10H,6-7H2,1-2H3. The molecule has 0 fully saturated rings. The SMILES string of the molecule is Cc1nsc(-c2ncc3n2CCN(C(=O)c2ccc(F)c4occc24)C3C)n1. The number of hydrogen-bond donors (Lipinski definition) is 0. The van der Waals surface area contributed by atoms with E-state index in [-0.39, 0.29) is 17.5 Å². The predicted molar refractivity (Wildman–Crippen MR) is 101 cm³/mol. The van der Waals surface area contributed by atoms with Crippen molar-refractivity contribution in [3.05, 3.63) is 53.6 Å². The van der Waals surface area contributed by atoms with E-state index in [1.165, 1.54) is 29.9 Å². The van der Waals surface area contributed by atoms with E-state index in [2.05, 4.69) is 18.9 Å². The lowest BCUT2D eigenvalue weighted by molar-refractivity contribution is 0.0647. The molecule has 0 aliphatic carbocycles. The monoisotopic (exact) mass is 397 g/mol. The van der Waals surface area contributed by atoms with Crippen LogP contribution in [0.15, 0.2) is 35.1 Å². The molecule has 0 radical (unpaired) electrons. The van der Waals surface area contributed by atoms with Crippen LogP contribution >= 0.6 is 11.5 Å². The summed E-state index contributed by atoms with van der Waals surface area (Å²) in [6.07, 6.45) is 3.18. The predicted octanol–water partition coefficient (Wildman–Crippen LogP) is 3.81. The lowest BCUT2D eigenvalue weighted by Crippen LogP contribution is -2.41. The first-order valence-corrected chi connectivity index (χ1v) is 9.64. The second-order valence-corrected chi connectivity index (χ2v) is 7.49. The van der Waals surface area contributed by atoms with Gasteiger partial charge in [0.25, 0.3) is 5.91 Å². The van der Waals surface area contributed by atoms with Crippen LogP contribution < -0.4 is 0 Å². The molecule has 4 aromatic rings. The molecule has 7 nitrogen and oxygen atoms in total. The number of hydrogen-bond acceptors (Lipinski definition) is 6. The molecule has 4 heterocycles. The van der Waals surface area contributed by atoms with E-state index in [0.29, 0.717) is 24.0 Å². The van der Waals surface area contributed by atoms with Crippen LogP contribution in [0.25, 0.3) is 21.8 Å². The molecular formula is C19H16FN5O2S. The van der Waals surface area contributed by atoms with Gasteiger partial charge in [0.1, 0.15) is 5.82 Å². The Morgan fingerprint density at radius 3 is 2.96 bits per heavy atom. The van der Waals surface area contributed by atoms with Crippen molar-refractivity contribution in [2.45, 2.75) is 26.4 Å². The summed E-state index contributed by atoms with van der Waals surface area (Å²) >= 11 is 1.32. The summed E-state index contributed by atoms with van der Waals surface area (Å²) in [5.74, 6) is 0.870. The Morgan fingerprint density at radius 1 is 1.32 bits per heavy atom. The number of aromatic nitrogens is 4. The van der Waals surface area contributed by atoms with Crippen molar-refractivity contribution in [3.63, 3.8) is 0 Å². The molecular weight excluding hydrogens is 381 g/mol. The minimum Gasteiger partial charge on any atom is -0.461 e. The fourth-order valence-corrected chi connectivity index (χ4v) is 4.40. The normalized spacial score (nSPS) is 16.5. The number of fused-ring (bicyclic) bond motifs is 2. The van der Waals surface area contributed by atoms with Crippen LogP contribution in [0.2, 0.25) is 0 Å². The number of imidazole rings is 1. The van der Waals surface area contributed by atoms with Crippen molar-refractivity contribution in [2.24, 2.45) is 0 Å². The first-order chi connectivity index (χ1) is 13.5. The lowest BCUT2D eigenvalue weighted by atomic mass is 10.1. The van der Waals surface area contributed by atoms with Gasteiger partial charge in [-0.2, -0.15) is 4.37 Å². The van der Waals surface area contributed by atoms with Crippen LogP contribution in [0.4, 0.5) is 4.39 Å². The minimum atomic E-state index is -0.474. The smallest absolute Gasteiger partial charge is 0.255 e. The molecule has 28 heavy (non-hydrogen) atoms. The van der Waals surface area contributed by atoms with Gasteiger partial charge in [0.15, 0.2) is 22.2 Å². The van der Waals surface area contributed by atoms with Crippen molar-refractivity contribution in [2.75, 3.05) is 6.54 Å². The first kappa shape index (κ1) is 17.1. The fraction of sp³-hybridized carbons (Fsp3) is 0.263. The molecule has 1 amide bonds. The van der Waals surface area contributed by atoms with E-state index in [0.717, 1.165) is 22.4 Å². The van der Waals surface area contributed by atoms with Gasteiger partial charge < -0.3 is 13.9 Å². The third-order valence-electron chi connectivity index (χ3n) is 5.13. The molecule has 1 aromatic carbocycles. The van der Waals surface area contributed by atoms with Gasteiger partial charge in [-0.05, 0) is 43.6 Å². The fourth-order valence-electron chi connectivity index (χ4n) is 3.72. The highest BCUT2D eigenvalue weighted by atomic mass is 32.1. The average Bonchev–Trinajstić information content (AvgIpc) is 3.41. The number of aryl methyl sites for hydroxylation is 1. The van der Waals surface area contributed by atoms with E-state index >= 15 is 0 Å². The summed E-state index contributed by atoms with van der Waals surface area (Å²) < 4.78 is 25.4. The zero-order valence-electron chi connectivity index (χ0n) is 15.2. The molecule has 5 rings (SSSR count). The lowest BCUT2D eigenvalue weighted by Gasteiger charge is -2.35. The molecule has 1 aliphatic heterocycles. The van der Waals surface area contributed by atoms with Crippen LogP contribution in [0, 0.1) is 12.7 Å². The van der Waals surface area contributed by atoms with Gasteiger partial charge in [0.2, 0.25) is 0 Å². The Hall–Kier alpha value is -3.07. The molecule has 0 N–H and O–H groups in total. The van der Waals surface area contributed by atoms with E-state index in [9.17, 15) is 9.18 Å². The minimum absolute atomic E-state index is 0.106. The molecule has 9 heteroatoms. The van der Waals surface area contributed by atoms with Crippen molar-refractivity contribution < 1.29 is 13.6 Å². The topological polar surface area (TPSA) is 77.0 Å². The van der Waals surface area contributed by atoms with Crippen LogP contribution in [0.1, 0.15) is 34.8 Å². The number of nitrogens with zero attached hydrogens (tertiary/aromatic N) is 5. The van der Waals surface area contributed by atoms with Crippen molar-refractivity contribution in [3.8, 4) is 10.8 Å². The molecule has 0 saturated carbocycles. The number of carbonyl (C=O) groups excluding carboxylic acids is 1. The van der Waals surface area contributed by atoms with E-state index in [1.807, 2.05) is 13.8 Å². The first-order valence-electron chi connectivity index (χ1n) is 8.87. The zero-order valence-corrected chi connectivity index (χ0v) is 16.0. The number of halogens is 1. The molecule has 0 saturated heterocycles. The Labute approximate surface area is 163 Å². The van der Waals surface area contributed by atoms with Gasteiger partial charge in [-0.3, -0.25) is 4.79 Å². The second-order valence-electron chi connectivity index (χ2n) is 6.74. The Morgan fingerprint density at radius 2 is 2.18 bits per heavy atom. The highest BCUT2D eigenvalue weighted by molar-refractivity contribution is 7.09. The molecule has 0 bridgehead atoms.